The number of hydrogen-bond acceptors (Lipinski definition) is 8. The second-order valence-electron chi connectivity index (χ2n) is 4.80. The Morgan fingerprint density at radius 1 is 1.52 bits per heavy atom. The highest BCUT2D eigenvalue weighted by atomic mass is 31.2. The van der Waals surface area contributed by atoms with Crippen molar-refractivity contribution in [1.29, 1.82) is 0 Å². The van der Waals surface area contributed by atoms with E-state index in [-0.39, 0.29) is 11.5 Å². The van der Waals surface area contributed by atoms with Crippen LogP contribution in [0.1, 0.15) is 16.7 Å². The molecule has 1 fully saturated rings. The smallest absolute Gasteiger partial charge is 0.387 e. The van der Waals surface area contributed by atoms with Crippen molar-refractivity contribution in [2.24, 2.45) is 0 Å². The van der Waals surface area contributed by atoms with Crippen molar-refractivity contribution in [3.05, 3.63) is 12.0 Å². The van der Waals surface area contributed by atoms with Crippen LogP contribution in [0.15, 0.2) is 6.33 Å². The minimum absolute atomic E-state index is 0.0901. The highest BCUT2D eigenvalue weighted by Gasteiger charge is 2.45. The lowest BCUT2D eigenvalue weighted by atomic mass is 10.1. The minimum Gasteiger partial charge on any atom is -0.387 e. The zero-order valence-corrected chi connectivity index (χ0v) is 12.8. The molecule has 0 aliphatic carbocycles. The van der Waals surface area contributed by atoms with E-state index in [1.165, 1.54) is 7.05 Å². The SMILES string of the molecule is CNC(=O)c1ncn([C@@H]2O[C@H](COP(=O)(O)O)[C@@H](O)[C@H]2O)c1N. The third kappa shape index (κ3) is 3.70. The van der Waals surface area contributed by atoms with E-state index in [4.69, 9.17) is 20.3 Å². The summed E-state index contributed by atoms with van der Waals surface area (Å²) in [4.78, 5) is 32.7. The van der Waals surface area contributed by atoms with Gasteiger partial charge in [0.1, 0.15) is 24.1 Å². The molecule has 12 nitrogen and oxygen atoms in total. The number of phosphoric ester groups is 1. The summed E-state index contributed by atoms with van der Waals surface area (Å²) < 4.78 is 21.4. The lowest BCUT2D eigenvalue weighted by Crippen LogP contribution is -2.33. The molecule has 7 N–H and O–H groups in total. The van der Waals surface area contributed by atoms with Gasteiger partial charge < -0.3 is 35.8 Å². The maximum absolute atomic E-state index is 11.6. The van der Waals surface area contributed by atoms with E-state index in [1.807, 2.05) is 0 Å². The number of phosphoric acid groups is 1. The first-order valence-electron chi connectivity index (χ1n) is 6.41. The number of hydrogen-bond donors (Lipinski definition) is 6. The first-order chi connectivity index (χ1) is 10.7. The molecule has 2 heterocycles. The van der Waals surface area contributed by atoms with Crippen molar-refractivity contribution in [2.45, 2.75) is 24.5 Å². The van der Waals surface area contributed by atoms with Gasteiger partial charge in [-0.2, -0.15) is 0 Å². The third-order valence-corrected chi connectivity index (χ3v) is 3.78. The fraction of sp³-hybridized carbons (Fsp3) is 0.600. The van der Waals surface area contributed by atoms with Gasteiger partial charge in [-0.15, -0.1) is 0 Å². The van der Waals surface area contributed by atoms with Crippen molar-refractivity contribution in [1.82, 2.24) is 14.9 Å². The van der Waals surface area contributed by atoms with E-state index in [2.05, 4.69) is 14.8 Å². The predicted octanol–water partition coefficient (Wildman–Crippen LogP) is -2.45. The molecule has 13 heteroatoms. The van der Waals surface area contributed by atoms with Gasteiger partial charge in [-0.05, 0) is 0 Å². The summed E-state index contributed by atoms with van der Waals surface area (Å²) in [6.07, 6.45) is -4.19. The number of imidazole rings is 1. The minimum atomic E-state index is -4.75. The number of ether oxygens (including phenoxy) is 1. The lowest BCUT2D eigenvalue weighted by molar-refractivity contribution is -0.0510. The van der Waals surface area contributed by atoms with Gasteiger partial charge in [0.15, 0.2) is 11.9 Å². The standard InChI is InChI=1S/C10H17N4O8P/c1-12-9(17)5-8(11)14(3-13-5)10-7(16)6(15)4(22-10)2-21-23(18,19)20/h3-4,6-7,10,15-16H,2,11H2,1H3,(H,12,17)(H2,18,19,20)/t4-,6-,7-,10-/m1/s1. The maximum Gasteiger partial charge on any atom is 0.469 e. The molecule has 0 unspecified atom stereocenters. The molecule has 1 saturated heterocycles. The average molecular weight is 352 g/mol. The van der Waals surface area contributed by atoms with E-state index in [0.717, 1.165) is 10.9 Å². The van der Waals surface area contributed by atoms with Gasteiger partial charge in [-0.3, -0.25) is 13.9 Å². The summed E-state index contributed by atoms with van der Waals surface area (Å²) in [6.45, 7) is -0.643. The predicted molar refractivity (Wildman–Crippen MR) is 73.9 cm³/mol. The van der Waals surface area contributed by atoms with Gasteiger partial charge in [0.05, 0.1) is 12.9 Å². The van der Waals surface area contributed by atoms with Crippen LogP contribution >= 0.6 is 7.82 Å². The number of carbonyl (C=O) groups is 1. The van der Waals surface area contributed by atoms with Crippen LogP contribution in [0.25, 0.3) is 0 Å². The number of carbonyl (C=O) groups excluding carboxylic acids is 1. The number of nitrogen functional groups attached to an aromatic ring is 1. The highest BCUT2D eigenvalue weighted by Crippen LogP contribution is 2.38. The maximum atomic E-state index is 11.6. The van der Waals surface area contributed by atoms with Crippen LogP contribution in [0.2, 0.25) is 0 Å². The molecule has 0 aromatic carbocycles. The van der Waals surface area contributed by atoms with Crippen molar-refractivity contribution < 1.29 is 38.6 Å². The molecular weight excluding hydrogens is 335 g/mol. The quantitative estimate of drug-likeness (QED) is 0.310. The molecule has 130 valence electrons. The fourth-order valence-electron chi connectivity index (χ4n) is 2.13. The van der Waals surface area contributed by atoms with Gasteiger partial charge in [-0.25, -0.2) is 9.55 Å². The topological polar surface area (TPSA) is 189 Å². The second kappa shape index (κ2) is 6.53. The molecule has 0 spiro atoms. The van der Waals surface area contributed by atoms with Crippen LogP contribution in [0, 0.1) is 0 Å². The van der Waals surface area contributed by atoms with Crippen LogP contribution < -0.4 is 11.1 Å². The van der Waals surface area contributed by atoms with Gasteiger partial charge in [0, 0.05) is 7.05 Å². The number of amides is 1. The number of nitrogens with two attached hydrogens (primary N) is 1. The Kier molecular flexibility index (Phi) is 5.06. The molecule has 1 amide bonds. The largest absolute Gasteiger partial charge is 0.469 e. The lowest BCUT2D eigenvalue weighted by Gasteiger charge is -2.17. The Balaban J connectivity index is 2.16. The van der Waals surface area contributed by atoms with Crippen LogP contribution in [0.5, 0.6) is 0 Å². The van der Waals surface area contributed by atoms with E-state index in [9.17, 15) is 19.6 Å². The molecule has 23 heavy (non-hydrogen) atoms. The fourth-order valence-corrected chi connectivity index (χ4v) is 2.48. The Morgan fingerprint density at radius 2 is 2.17 bits per heavy atom. The molecular formula is C10H17N4O8P. The molecule has 1 aromatic rings. The number of aliphatic hydroxyl groups excluding tert-OH is 2. The summed E-state index contributed by atoms with van der Waals surface area (Å²) in [5.41, 5.74) is 5.68. The third-order valence-electron chi connectivity index (χ3n) is 3.29. The molecule has 0 saturated carbocycles. The molecule has 2 rings (SSSR count). The summed E-state index contributed by atoms with van der Waals surface area (Å²) in [5.74, 6) is -0.646. The zero-order valence-electron chi connectivity index (χ0n) is 11.9. The zero-order chi connectivity index (χ0) is 17.4. The monoisotopic (exact) mass is 352 g/mol. The van der Waals surface area contributed by atoms with Gasteiger partial charge >= 0.3 is 7.82 Å². The Hall–Kier alpha value is -1.53. The number of nitrogens with zero attached hydrogens (tertiary/aromatic N) is 2. The number of rotatable bonds is 5. The number of nitrogens with one attached hydrogen (secondary N) is 1. The van der Waals surface area contributed by atoms with Crippen LogP contribution in [-0.2, 0) is 13.8 Å². The Bertz CT molecular complexity index is 630. The van der Waals surface area contributed by atoms with Gasteiger partial charge in [-0.1, -0.05) is 0 Å². The average Bonchev–Trinajstić information content (AvgIpc) is 2.98. The molecule has 1 aromatic heterocycles. The summed E-state index contributed by atoms with van der Waals surface area (Å²) >= 11 is 0. The molecule has 1 aliphatic rings. The second-order valence-corrected chi connectivity index (χ2v) is 6.04. The summed E-state index contributed by atoms with van der Waals surface area (Å²) in [6, 6.07) is 0. The van der Waals surface area contributed by atoms with Crippen molar-refractivity contribution in [2.75, 3.05) is 19.4 Å². The summed E-state index contributed by atoms with van der Waals surface area (Å²) in [5, 5.41) is 22.2. The van der Waals surface area contributed by atoms with Gasteiger partial charge in [0.2, 0.25) is 0 Å². The van der Waals surface area contributed by atoms with Crippen LogP contribution in [-0.4, -0.2) is 67.4 Å². The van der Waals surface area contributed by atoms with Crippen molar-refractivity contribution in [3.63, 3.8) is 0 Å². The molecule has 4 atom stereocenters. The van der Waals surface area contributed by atoms with E-state index >= 15 is 0 Å². The van der Waals surface area contributed by atoms with Crippen LogP contribution in [0.3, 0.4) is 0 Å². The number of anilines is 1. The summed E-state index contributed by atoms with van der Waals surface area (Å²) in [7, 11) is -3.36. The first kappa shape index (κ1) is 17.8. The Labute approximate surface area is 130 Å². The van der Waals surface area contributed by atoms with Crippen LogP contribution in [0.4, 0.5) is 5.82 Å². The van der Waals surface area contributed by atoms with Crippen molar-refractivity contribution in [3.8, 4) is 0 Å². The first-order valence-corrected chi connectivity index (χ1v) is 7.94. The normalized spacial score (nSPS) is 28.0. The molecule has 0 bridgehead atoms. The Morgan fingerprint density at radius 3 is 2.74 bits per heavy atom. The molecule has 1 aliphatic heterocycles. The number of aromatic nitrogens is 2. The van der Waals surface area contributed by atoms with Gasteiger partial charge in [0.25, 0.3) is 5.91 Å². The van der Waals surface area contributed by atoms with Crippen molar-refractivity contribution >= 4 is 19.5 Å². The van der Waals surface area contributed by atoms with E-state index in [0.29, 0.717) is 0 Å². The number of aliphatic hydroxyl groups is 2. The van der Waals surface area contributed by atoms with E-state index < -0.39 is 44.9 Å². The highest BCUT2D eigenvalue weighted by molar-refractivity contribution is 7.46. The van der Waals surface area contributed by atoms with E-state index in [1.54, 1.807) is 0 Å². The molecule has 0 radical (unpaired) electrons.